The third-order valence-electron chi connectivity index (χ3n) is 13.7. The molecule has 7 aromatic rings. The summed E-state index contributed by atoms with van der Waals surface area (Å²) >= 11 is 0. The molecule has 0 unspecified atom stereocenters. The summed E-state index contributed by atoms with van der Waals surface area (Å²) in [7, 11) is -3.06. The fourth-order valence-corrected chi connectivity index (χ4v) is 13.2. The van der Waals surface area contributed by atoms with E-state index in [-0.39, 0.29) is 36.4 Å². The summed E-state index contributed by atoms with van der Waals surface area (Å²) in [6, 6.07) is 42.3. The van der Waals surface area contributed by atoms with Crippen LogP contribution in [0.1, 0.15) is 50.9 Å². The molecule has 0 saturated carbocycles. The number of hydrogen-bond acceptors (Lipinski definition) is 10. The lowest BCUT2D eigenvalue weighted by molar-refractivity contribution is -0.146. The largest absolute Gasteiger partial charge is 0.454 e. The van der Waals surface area contributed by atoms with Crippen LogP contribution in [-0.4, -0.2) is 63.6 Å². The highest BCUT2D eigenvalue weighted by Gasteiger charge is 2.66. The van der Waals surface area contributed by atoms with E-state index in [0.29, 0.717) is 93.2 Å². The lowest BCUT2D eigenvalue weighted by Crippen LogP contribution is -2.46. The van der Waals surface area contributed by atoms with Crippen molar-refractivity contribution in [2.24, 2.45) is 5.92 Å². The van der Waals surface area contributed by atoms with E-state index < -0.39 is 25.9 Å². The number of benzene rings is 6. The Morgan fingerprint density at radius 1 is 0.691 bits per heavy atom. The summed E-state index contributed by atoms with van der Waals surface area (Å²) < 4.78 is 21.5. The third-order valence-corrected chi connectivity index (χ3v) is 16.2. The van der Waals surface area contributed by atoms with Crippen molar-refractivity contribution >= 4 is 54.5 Å². The van der Waals surface area contributed by atoms with Crippen molar-refractivity contribution < 1.29 is 38.5 Å². The van der Waals surface area contributed by atoms with E-state index in [1.807, 2.05) is 129 Å². The summed E-state index contributed by atoms with van der Waals surface area (Å²) in [6.45, 7) is 6.28. The van der Waals surface area contributed by atoms with Crippen molar-refractivity contribution in [3.63, 3.8) is 0 Å². The molecule has 15 heteroatoms. The van der Waals surface area contributed by atoms with Gasteiger partial charge in [-0.1, -0.05) is 72.8 Å². The van der Waals surface area contributed by atoms with Crippen LogP contribution in [0.5, 0.6) is 23.0 Å². The molecule has 342 valence electrons. The zero-order valence-electron chi connectivity index (χ0n) is 37.7. The van der Waals surface area contributed by atoms with Gasteiger partial charge in [0.1, 0.15) is 11.5 Å². The first-order chi connectivity index (χ1) is 32.9. The molecule has 1 fully saturated rings. The van der Waals surface area contributed by atoms with E-state index in [4.69, 9.17) is 14.2 Å². The maximum atomic E-state index is 15.7. The standard InChI is InChI=1S/C53H48N6O8Si/c1-33-49(68(2,3)64)48(26-28-56-32-35(27-29-60)54-55-56)67-53(33)40-30-37(59-43-15-7-11-19-47(43)66-45-17-9-5-13-39(45)51(59)62)24-25-41(40)57(52(53)63)31-34-20-22-36(23-21-34)58-42-14-6-10-18-46(42)65-44-16-8-4-12-38(44)50(58)61/h4-25,30,32-33,48-49,60,64H,26-29,31H2,1-3H3/t33-,48+,49-,53+/m1/s1. The molecule has 5 heterocycles. The maximum absolute atomic E-state index is 15.7. The molecule has 0 radical (unpaired) electrons. The maximum Gasteiger partial charge on any atom is 0.266 e. The van der Waals surface area contributed by atoms with Crippen LogP contribution < -0.4 is 24.2 Å². The Morgan fingerprint density at radius 3 is 1.85 bits per heavy atom. The number of fused-ring (bicyclic) bond motifs is 6. The lowest BCUT2D eigenvalue weighted by atomic mass is 9.82. The van der Waals surface area contributed by atoms with E-state index >= 15 is 4.79 Å². The zero-order valence-corrected chi connectivity index (χ0v) is 38.7. The van der Waals surface area contributed by atoms with Crippen molar-refractivity contribution in [2.75, 3.05) is 21.3 Å². The summed E-state index contributed by atoms with van der Waals surface area (Å²) in [5.74, 6) is 0.647. The summed E-state index contributed by atoms with van der Waals surface area (Å²) in [5, 5.41) is 18.0. The van der Waals surface area contributed by atoms with Gasteiger partial charge in [-0.25, -0.2) is 0 Å². The van der Waals surface area contributed by atoms with Gasteiger partial charge >= 0.3 is 0 Å². The van der Waals surface area contributed by atoms with Crippen molar-refractivity contribution in [3.8, 4) is 23.0 Å². The summed E-state index contributed by atoms with van der Waals surface area (Å²) in [4.78, 5) is 61.7. The number of para-hydroxylation sites is 6. The average molecular weight is 925 g/mol. The van der Waals surface area contributed by atoms with E-state index in [0.717, 1.165) is 5.56 Å². The zero-order chi connectivity index (χ0) is 46.9. The smallest absolute Gasteiger partial charge is 0.266 e. The van der Waals surface area contributed by atoms with Gasteiger partial charge in [-0.15, -0.1) is 5.10 Å². The molecule has 1 saturated heterocycles. The molecule has 4 aliphatic rings. The number of anilines is 5. The third kappa shape index (κ3) is 7.08. The molecule has 0 aliphatic carbocycles. The Balaban J connectivity index is 0.996. The van der Waals surface area contributed by atoms with E-state index in [1.165, 1.54) is 0 Å². The molecular weight excluding hydrogens is 877 g/mol. The second kappa shape index (κ2) is 16.7. The number of hydrogen-bond donors (Lipinski definition) is 2. The van der Waals surface area contributed by atoms with Crippen LogP contribution in [0.3, 0.4) is 0 Å². The topological polar surface area (TPSA) is 160 Å². The number of carbonyl (C=O) groups is 3. The van der Waals surface area contributed by atoms with Crippen LogP contribution in [0.15, 0.2) is 146 Å². The van der Waals surface area contributed by atoms with Crippen molar-refractivity contribution in [1.29, 1.82) is 0 Å². The number of rotatable bonds is 10. The number of aliphatic hydroxyl groups is 1. The Kier molecular flexibility index (Phi) is 10.6. The lowest BCUT2D eigenvalue weighted by Gasteiger charge is -2.32. The first kappa shape index (κ1) is 43.2. The van der Waals surface area contributed by atoms with E-state index in [1.54, 1.807) is 55.9 Å². The van der Waals surface area contributed by atoms with Gasteiger partial charge < -0.3 is 29.0 Å². The monoisotopic (exact) mass is 924 g/mol. The molecule has 1 spiro atoms. The highest BCUT2D eigenvalue weighted by molar-refractivity contribution is 6.71. The molecule has 11 rings (SSSR count). The number of carbonyl (C=O) groups excluding carboxylic acids is 3. The Morgan fingerprint density at radius 2 is 1.25 bits per heavy atom. The first-order valence-corrected chi connectivity index (χ1v) is 25.8. The number of amides is 3. The van der Waals surface area contributed by atoms with Crippen LogP contribution >= 0.6 is 0 Å². The quantitative estimate of drug-likeness (QED) is 0.127. The van der Waals surface area contributed by atoms with E-state index in [9.17, 15) is 19.5 Å². The van der Waals surface area contributed by atoms with Gasteiger partial charge in [0.25, 0.3) is 17.7 Å². The van der Waals surface area contributed by atoms with Crippen molar-refractivity contribution in [3.05, 3.63) is 174 Å². The van der Waals surface area contributed by atoms with Crippen LogP contribution in [0.25, 0.3) is 0 Å². The number of ether oxygens (including phenoxy) is 3. The van der Waals surface area contributed by atoms with Crippen LogP contribution in [0, 0.1) is 5.92 Å². The molecule has 3 amide bonds. The van der Waals surface area contributed by atoms with Crippen LogP contribution in [-0.2, 0) is 34.6 Å². The molecule has 1 aromatic heterocycles. The van der Waals surface area contributed by atoms with Gasteiger partial charge in [0.2, 0.25) is 0 Å². The predicted molar refractivity (Wildman–Crippen MR) is 258 cm³/mol. The van der Waals surface area contributed by atoms with Gasteiger partial charge in [0, 0.05) is 54.2 Å². The Bertz CT molecular complexity index is 3130. The highest BCUT2D eigenvalue weighted by atomic mass is 28.4. The SMILES string of the molecule is C[C@@H]1[C@@H]([Si](C)(C)O)[C@H](CCn2cc(CCO)nn2)O[C@@]12C(=O)N(Cc1ccc(N3C(=O)c4ccccc4Oc4ccccc43)cc1)c1ccc(N3C(=O)c4ccccc4Oc4ccccc43)cc12. The number of aliphatic hydroxyl groups excluding tert-OH is 1. The number of nitrogens with zero attached hydrogens (tertiary/aromatic N) is 6. The van der Waals surface area contributed by atoms with Crippen molar-refractivity contribution in [2.45, 2.75) is 63.2 Å². The minimum Gasteiger partial charge on any atom is -0.454 e. The Labute approximate surface area is 393 Å². The second-order valence-corrected chi connectivity index (χ2v) is 22.2. The Hall–Kier alpha value is -7.43. The first-order valence-electron chi connectivity index (χ1n) is 22.8. The van der Waals surface area contributed by atoms with E-state index in [2.05, 4.69) is 10.3 Å². The summed E-state index contributed by atoms with van der Waals surface area (Å²) in [6.07, 6.45) is 2.05. The number of aryl methyl sites for hydroxylation is 1. The highest BCUT2D eigenvalue weighted by Crippen LogP contribution is 2.61. The second-order valence-electron chi connectivity index (χ2n) is 18.3. The predicted octanol–water partition coefficient (Wildman–Crippen LogP) is 9.42. The van der Waals surface area contributed by atoms with Crippen LogP contribution in [0.2, 0.25) is 18.6 Å². The minimum absolute atomic E-state index is 0.0494. The van der Waals surface area contributed by atoms with Crippen LogP contribution in [0.4, 0.5) is 28.4 Å². The average Bonchev–Trinajstić information content (AvgIpc) is 3.93. The molecule has 4 atom stereocenters. The molecule has 0 bridgehead atoms. The van der Waals surface area contributed by atoms with Gasteiger partial charge in [-0.05, 0) is 104 Å². The van der Waals surface area contributed by atoms with Gasteiger partial charge in [0.15, 0.2) is 25.4 Å². The minimum atomic E-state index is -3.06. The fraction of sp³-hybridized carbons (Fsp3) is 0.226. The summed E-state index contributed by atoms with van der Waals surface area (Å²) in [5.41, 5.74) is 3.84. The van der Waals surface area contributed by atoms with Gasteiger partial charge in [-0.2, -0.15) is 0 Å². The molecule has 68 heavy (non-hydrogen) atoms. The van der Waals surface area contributed by atoms with Gasteiger partial charge in [-0.3, -0.25) is 28.9 Å². The van der Waals surface area contributed by atoms with Gasteiger partial charge in [0.05, 0.1) is 46.5 Å². The fourth-order valence-electron chi connectivity index (χ4n) is 10.6. The number of aromatic nitrogens is 3. The molecule has 14 nitrogen and oxygen atoms in total. The molecule has 4 aliphatic heterocycles. The molecule has 6 aromatic carbocycles. The normalized spacial score (nSPS) is 20.5. The molecular formula is C53H48N6O8Si. The molecule has 2 N–H and O–H groups in total. The van der Waals surface area contributed by atoms with Crippen molar-refractivity contribution in [1.82, 2.24) is 15.0 Å².